The van der Waals surface area contributed by atoms with Gasteiger partial charge in [0.1, 0.15) is 0 Å². The van der Waals surface area contributed by atoms with E-state index in [0.29, 0.717) is 18.9 Å². The van der Waals surface area contributed by atoms with Crippen LogP contribution >= 0.6 is 0 Å². The Bertz CT molecular complexity index is 311. The Morgan fingerprint density at radius 3 is 2.67 bits per heavy atom. The molecule has 0 saturated heterocycles. The summed E-state index contributed by atoms with van der Waals surface area (Å²) in [6.07, 6.45) is 5.19. The lowest BCUT2D eigenvalue weighted by molar-refractivity contribution is -0.137. The molecule has 0 spiro atoms. The Balaban J connectivity index is 2.15. The van der Waals surface area contributed by atoms with Gasteiger partial charge in [-0.25, -0.2) is 9.97 Å². The highest BCUT2D eigenvalue weighted by atomic mass is 16.4. The van der Waals surface area contributed by atoms with Crippen LogP contribution in [0.2, 0.25) is 0 Å². The summed E-state index contributed by atoms with van der Waals surface area (Å²) in [5, 5.41) is 11.4. The Morgan fingerprint density at radius 2 is 2.07 bits per heavy atom. The van der Waals surface area contributed by atoms with Gasteiger partial charge < -0.3 is 10.4 Å². The number of rotatable bonds is 6. The van der Waals surface area contributed by atoms with Crippen molar-refractivity contribution in [2.45, 2.75) is 26.2 Å². The summed E-state index contributed by atoms with van der Waals surface area (Å²) >= 11 is 0. The summed E-state index contributed by atoms with van der Waals surface area (Å²) in [4.78, 5) is 18.4. The zero-order chi connectivity index (χ0) is 11.1. The molecule has 2 N–H and O–H groups in total. The molecule has 1 rings (SSSR count). The van der Waals surface area contributed by atoms with Crippen LogP contribution in [0.3, 0.4) is 0 Å². The van der Waals surface area contributed by atoms with E-state index >= 15 is 0 Å². The van der Waals surface area contributed by atoms with Gasteiger partial charge in [-0.15, -0.1) is 0 Å². The Hall–Kier alpha value is -1.65. The minimum Gasteiger partial charge on any atom is -0.481 e. The quantitative estimate of drug-likeness (QED) is 0.693. The maximum atomic E-state index is 10.2. The predicted molar refractivity (Wildman–Crippen MR) is 56.7 cm³/mol. The molecule has 1 heterocycles. The summed E-state index contributed by atoms with van der Waals surface area (Å²) in [5.41, 5.74) is 1.02. The second kappa shape index (κ2) is 5.95. The third-order valence-corrected chi connectivity index (χ3v) is 1.88. The van der Waals surface area contributed by atoms with Crippen LogP contribution in [0, 0.1) is 6.92 Å². The van der Waals surface area contributed by atoms with Crippen LogP contribution in [0.5, 0.6) is 0 Å². The van der Waals surface area contributed by atoms with Crippen LogP contribution in [-0.2, 0) is 4.79 Å². The molecule has 0 aliphatic carbocycles. The molecular weight excluding hydrogens is 194 g/mol. The first kappa shape index (κ1) is 11.4. The fourth-order valence-corrected chi connectivity index (χ4v) is 1.09. The normalized spacial score (nSPS) is 9.93. The number of carboxylic acids is 1. The summed E-state index contributed by atoms with van der Waals surface area (Å²) in [7, 11) is 0. The number of nitrogens with one attached hydrogen (secondary N) is 1. The number of carbonyl (C=O) groups is 1. The Labute approximate surface area is 88.6 Å². The van der Waals surface area contributed by atoms with E-state index in [0.717, 1.165) is 12.0 Å². The lowest BCUT2D eigenvalue weighted by Crippen LogP contribution is -2.06. The molecule has 0 fully saturated rings. The van der Waals surface area contributed by atoms with Crippen molar-refractivity contribution in [3.8, 4) is 0 Å². The van der Waals surface area contributed by atoms with E-state index in [2.05, 4.69) is 15.3 Å². The Morgan fingerprint density at radius 1 is 1.40 bits per heavy atom. The third-order valence-electron chi connectivity index (χ3n) is 1.88. The van der Waals surface area contributed by atoms with Crippen LogP contribution in [0.25, 0.3) is 0 Å². The van der Waals surface area contributed by atoms with Crippen LogP contribution in [0.1, 0.15) is 24.8 Å². The summed E-state index contributed by atoms with van der Waals surface area (Å²) < 4.78 is 0. The average Bonchev–Trinajstić information content (AvgIpc) is 2.20. The van der Waals surface area contributed by atoms with Crippen molar-refractivity contribution in [3.05, 3.63) is 18.0 Å². The largest absolute Gasteiger partial charge is 0.481 e. The van der Waals surface area contributed by atoms with Crippen molar-refractivity contribution in [2.75, 3.05) is 11.9 Å². The number of unbranched alkanes of at least 4 members (excludes halogenated alkanes) is 1. The van der Waals surface area contributed by atoms with Gasteiger partial charge >= 0.3 is 5.97 Å². The van der Waals surface area contributed by atoms with E-state index in [9.17, 15) is 4.79 Å². The average molecular weight is 209 g/mol. The van der Waals surface area contributed by atoms with Gasteiger partial charge in [-0.1, -0.05) is 0 Å². The number of aliphatic carboxylic acids is 1. The fraction of sp³-hybridized carbons (Fsp3) is 0.500. The molecule has 0 bridgehead atoms. The lowest BCUT2D eigenvalue weighted by Gasteiger charge is -2.03. The van der Waals surface area contributed by atoms with Crippen LogP contribution < -0.4 is 5.32 Å². The lowest BCUT2D eigenvalue weighted by atomic mass is 10.2. The number of aromatic nitrogens is 2. The first-order chi connectivity index (χ1) is 7.18. The maximum Gasteiger partial charge on any atom is 0.303 e. The van der Waals surface area contributed by atoms with Gasteiger partial charge in [0.25, 0.3) is 0 Å². The molecule has 0 aliphatic heterocycles. The molecule has 0 unspecified atom stereocenters. The van der Waals surface area contributed by atoms with Crippen LogP contribution in [0.4, 0.5) is 5.95 Å². The molecule has 0 radical (unpaired) electrons. The van der Waals surface area contributed by atoms with Gasteiger partial charge in [-0.2, -0.15) is 0 Å². The highest BCUT2D eigenvalue weighted by Gasteiger charge is 1.97. The zero-order valence-electron chi connectivity index (χ0n) is 8.73. The van der Waals surface area contributed by atoms with Gasteiger partial charge in [0.15, 0.2) is 0 Å². The summed E-state index contributed by atoms with van der Waals surface area (Å²) in [6, 6.07) is 0. The van der Waals surface area contributed by atoms with Gasteiger partial charge in [0.2, 0.25) is 5.95 Å². The molecule has 1 aromatic rings. The molecule has 5 heteroatoms. The number of anilines is 1. The molecule has 0 saturated carbocycles. The van der Waals surface area contributed by atoms with Crippen molar-refractivity contribution >= 4 is 11.9 Å². The van der Waals surface area contributed by atoms with E-state index in [1.54, 1.807) is 12.4 Å². The number of nitrogens with zero attached hydrogens (tertiary/aromatic N) is 2. The number of aryl methyl sites for hydroxylation is 1. The molecule has 0 atom stereocenters. The molecular formula is C10H15N3O2. The van der Waals surface area contributed by atoms with Crippen LogP contribution in [0.15, 0.2) is 12.4 Å². The standard InChI is InChI=1S/C10H15N3O2/c1-8-6-12-10(13-7-8)11-5-3-2-4-9(14)15/h6-7H,2-5H2,1H3,(H,14,15)(H,11,12,13). The smallest absolute Gasteiger partial charge is 0.303 e. The molecule has 0 aromatic carbocycles. The topological polar surface area (TPSA) is 75.1 Å². The zero-order valence-corrected chi connectivity index (χ0v) is 8.73. The van der Waals surface area contributed by atoms with Gasteiger partial charge in [0.05, 0.1) is 0 Å². The predicted octanol–water partition coefficient (Wildman–Crippen LogP) is 1.45. The van der Waals surface area contributed by atoms with Gasteiger partial charge in [0, 0.05) is 25.4 Å². The molecule has 5 nitrogen and oxygen atoms in total. The second-order valence-corrected chi connectivity index (χ2v) is 3.36. The fourth-order valence-electron chi connectivity index (χ4n) is 1.09. The first-order valence-electron chi connectivity index (χ1n) is 4.93. The first-order valence-corrected chi connectivity index (χ1v) is 4.93. The highest BCUT2D eigenvalue weighted by molar-refractivity contribution is 5.66. The molecule has 15 heavy (non-hydrogen) atoms. The van der Waals surface area contributed by atoms with Gasteiger partial charge in [-0.05, 0) is 25.3 Å². The molecule has 82 valence electrons. The van der Waals surface area contributed by atoms with Crippen LogP contribution in [-0.4, -0.2) is 27.6 Å². The molecule has 0 aliphatic rings. The summed E-state index contributed by atoms with van der Waals surface area (Å²) in [6.45, 7) is 2.63. The molecule has 0 amide bonds. The SMILES string of the molecule is Cc1cnc(NCCCCC(=O)O)nc1. The number of carboxylic acid groups (broad SMARTS) is 1. The van der Waals surface area contributed by atoms with E-state index in [-0.39, 0.29) is 6.42 Å². The summed E-state index contributed by atoms with van der Waals surface area (Å²) in [5.74, 6) is -0.155. The van der Waals surface area contributed by atoms with E-state index in [1.165, 1.54) is 0 Å². The Kier molecular flexibility index (Phi) is 4.53. The number of hydrogen-bond acceptors (Lipinski definition) is 4. The van der Waals surface area contributed by atoms with Crippen molar-refractivity contribution in [2.24, 2.45) is 0 Å². The van der Waals surface area contributed by atoms with Crippen molar-refractivity contribution < 1.29 is 9.90 Å². The second-order valence-electron chi connectivity index (χ2n) is 3.36. The van der Waals surface area contributed by atoms with Crippen molar-refractivity contribution in [1.82, 2.24) is 9.97 Å². The minimum atomic E-state index is -0.749. The monoisotopic (exact) mass is 209 g/mol. The third kappa shape index (κ3) is 4.95. The number of hydrogen-bond donors (Lipinski definition) is 2. The van der Waals surface area contributed by atoms with Gasteiger partial charge in [-0.3, -0.25) is 4.79 Å². The van der Waals surface area contributed by atoms with E-state index in [4.69, 9.17) is 5.11 Å². The van der Waals surface area contributed by atoms with Crippen molar-refractivity contribution in [1.29, 1.82) is 0 Å². The highest BCUT2D eigenvalue weighted by Crippen LogP contribution is 2.00. The minimum absolute atomic E-state index is 0.219. The van der Waals surface area contributed by atoms with E-state index < -0.39 is 5.97 Å². The molecule has 1 aromatic heterocycles. The van der Waals surface area contributed by atoms with Crippen molar-refractivity contribution in [3.63, 3.8) is 0 Å². The maximum absolute atomic E-state index is 10.2. The van der Waals surface area contributed by atoms with E-state index in [1.807, 2.05) is 6.92 Å².